The molecule has 0 unspecified atom stereocenters. The summed E-state index contributed by atoms with van der Waals surface area (Å²) in [5, 5.41) is 10.3. The van der Waals surface area contributed by atoms with Crippen molar-refractivity contribution in [3.63, 3.8) is 0 Å². The van der Waals surface area contributed by atoms with Gasteiger partial charge in [-0.05, 0) is 90.8 Å². The number of fused-ring (bicyclic) bond motifs is 2. The summed E-state index contributed by atoms with van der Waals surface area (Å²) in [4.78, 5) is 35.9. The van der Waals surface area contributed by atoms with E-state index in [0.29, 0.717) is 44.7 Å². The third-order valence-electron chi connectivity index (χ3n) is 7.44. The van der Waals surface area contributed by atoms with Crippen LogP contribution in [0.25, 0.3) is 44.2 Å². The Hall–Kier alpha value is -6.81. The van der Waals surface area contributed by atoms with E-state index in [0.717, 1.165) is 27.6 Å². The molecule has 2 aromatic heterocycles. The summed E-state index contributed by atoms with van der Waals surface area (Å²) >= 11 is 0. The van der Waals surface area contributed by atoms with Crippen molar-refractivity contribution in [2.24, 2.45) is 0 Å². The number of rotatable bonds is 6. The summed E-state index contributed by atoms with van der Waals surface area (Å²) < 4.78 is 26.1. The zero-order chi connectivity index (χ0) is 36.3. The number of esters is 1. The molecule has 0 aliphatic rings. The van der Waals surface area contributed by atoms with Crippen molar-refractivity contribution in [2.45, 2.75) is 6.92 Å². The predicted octanol–water partition coefficient (Wildman–Crippen LogP) is 6.75. The second-order valence-electron chi connectivity index (χ2n) is 11.0. The van der Waals surface area contributed by atoms with Crippen molar-refractivity contribution in [1.29, 1.82) is 0 Å². The molecular weight excluding hydrogens is 648 g/mol. The number of ether oxygens (including phenoxy) is 3. The third-order valence-corrected chi connectivity index (χ3v) is 7.44. The van der Waals surface area contributed by atoms with Gasteiger partial charge in [0.25, 0.3) is 0 Å². The molecule has 6 aromatic rings. The standard InChI is InChI=1S/C23H18O5.C19H14O4/c1-15(2)22(24)27-12-4-5-16-6-7-18-14-20(23(25)28-21(18)13-16)17-8-10-19(26-3)11-9-17;1-22-16-8-6-14(7-9-16)17-12-15-5-4-13(3-2-10-20)11-18(15)23-19(17)21/h6-11,13-14H,1,12H2,2-3H3;4-9,11-12,20H,10H2,1H3. The molecule has 2 heterocycles. The summed E-state index contributed by atoms with van der Waals surface area (Å²) in [6.45, 7) is 4.82. The first kappa shape index (κ1) is 35.5. The van der Waals surface area contributed by atoms with E-state index in [4.69, 9.17) is 28.2 Å². The maximum Gasteiger partial charge on any atom is 0.344 e. The number of carbonyl (C=O) groups is 1. The fraction of sp³-hybridized carbons (Fsp3) is 0.119. The molecule has 51 heavy (non-hydrogen) atoms. The maximum atomic E-state index is 12.4. The molecule has 0 radical (unpaired) electrons. The van der Waals surface area contributed by atoms with E-state index in [1.54, 1.807) is 69.7 Å². The highest BCUT2D eigenvalue weighted by Gasteiger charge is 2.10. The van der Waals surface area contributed by atoms with Crippen LogP contribution in [0.2, 0.25) is 0 Å². The third kappa shape index (κ3) is 9.01. The molecule has 0 amide bonds. The van der Waals surface area contributed by atoms with Gasteiger partial charge in [0.2, 0.25) is 0 Å². The highest BCUT2D eigenvalue weighted by atomic mass is 16.5. The van der Waals surface area contributed by atoms with Crippen LogP contribution in [0, 0.1) is 23.7 Å². The van der Waals surface area contributed by atoms with Crippen LogP contribution in [-0.4, -0.2) is 38.5 Å². The van der Waals surface area contributed by atoms with Crippen molar-refractivity contribution in [3.05, 3.63) is 141 Å². The minimum absolute atomic E-state index is 0.0376. The molecule has 0 aliphatic carbocycles. The molecule has 0 bridgehead atoms. The Morgan fingerprint density at radius 1 is 0.686 bits per heavy atom. The lowest BCUT2D eigenvalue weighted by Gasteiger charge is -2.04. The molecule has 9 heteroatoms. The van der Waals surface area contributed by atoms with Crippen molar-refractivity contribution in [2.75, 3.05) is 27.4 Å². The molecule has 0 spiro atoms. The van der Waals surface area contributed by atoms with E-state index in [1.165, 1.54) is 0 Å². The molecule has 6 rings (SSSR count). The van der Waals surface area contributed by atoms with E-state index in [9.17, 15) is 14.4 Å². The summed E-state index contributed by atoms with van der Waals surface area (Å²) in [6.07, 6.45) is 0. The molecular formula is C42H32O9. The number of hydrogen-bond acceptors (Lipinski definition) is 9. The number of hydrogen-bond donors (Lipinski definition) is 1. The summed E-state index contributed by atoms with van der Waals surface area (Å²) in [7, 11) is 3.18. The highest BCUT2D eigenvalue weighted by Crippen LogP contribution is 2.25. The van der Waals surface area contributed by atoms with Crippen LogP contribution in [0.1, 0.15) is 18.1 Å². The van der Waals surface area contributed by atoms with Crippen molar-refractivity contribution >= 4 is 27.9 Å². The molecule has 4 aromatic carbocycles. The molecule has 1 N–H and O–H groups in total. The van der Waals surface area contributed by atoms with Crippen LogP contribution < -0.4 is 20.7 Å². The van der Waals surface area contributed by atoms with Gasteiger partial charge >= 0.3 is 17.2 Å². The predicted molar refractivity (Wildman–Crippen MR) is 196 cm³/mol. The Bertz CT molecular complexity index is 2460. The lowest BCUT2D eigenvalue weighted by atomic mass is 10.1. The van der Waals surface area contributed by atoms with Crippen LogP contribution in [0.5, 0.6) is 11.5 Å². The van der Waals surface area contributed by atoms with Gasteiger partial charge in [-0.1, -0.05) is 54.5 Å². The Morgan fingerprint density at radius 2 is 1.14 bits per heavy atom. The van der Waals surface area contributed by atoms with Gasteiger partial charge in [0.1, 0.15) is 29.3 Å². The molecule has 0 fully saturated rings. The first-order valence-corrected chi connectivity index (χ1v) is 15.5. The van der Waals surface area contributed by atoms with E-state index in [2.05, 4.69) is 30.3 Å². The van der Waals surface area contributed by atoms with Crippen molar-refractivity contribution < 1.29 is 32.9 Å². The van der Waals surface area contributed by atoms with Gasteiger partial charge in [0.05, 0.1) is 25.3 Å². The summed E-state index contributed by atoms with van der Waals surface area (Å²) in [5.41, 5.74) is 4.21. The van der Waals surface area contributed by atoms with Gasteiger partial charge < -0.3 is 28.2 Å². The topological polar surface area (TPSA) is 125 Å². The highest BCUT2D eigenvalue weighted by molar-refractivity contribution is 5.87. The van der Waals surface area contributed by atoms with Gasteiger partial charge in [0, 0.05) is 27.5 Å². The molecule has 0 atom stereocenters. The molecule has 0 saturated carbocycles. The molecule has 9 nitrogen and oxygen atoms in total. The zero-order valence-corrected chi connectivity index (χ0v) is 28.1. The average Bonchev–Trinajstić information content (AvgIpc) is 3.15. The lowest BCUT2D eigenvalue weighted by Crippen LogP contribution is -2.04. The van der Waals surface area contributed by atoms with E-state index >= 15 is 0 Å². The number of benzene rings is 4. The molecule has 0 saturated heterocycles. The van der Waals surface area contributed by atoms with Crippen LogP contribution in [0.15, 0.2) is 128 Å². The summed E-state index contributed by atoms with van der Waals surface area (Å²) in [6, 6.07) is 28.7. The van der Waals surface area contributed by atoms with Crippen LogP contribution >= 0.6 is 0 Å². The average molecular weight is 681 g/mol. The Kier molecular flexibility index (Phi) is 11.5. The van der Waals surface area contributed by atoms with Gasteiger partial charge in [-0.3, -0.25) is 0 Å². The van der Waals surface area contributed by atoms with Crippen LogP contribution in [0.3, 0.4) is 0 Å². The number of methoxy groups -OCH3 is 2. The Morgan fingerprint density at radius 3 is 1.55 bits per heavy atom. The second-order valence-corrected chi connectivity index (χ2v) is 11.0. The van der Waals surface area contributed by atoms with Crippen molar-refractivity contribution in [1.82, 2.24) is 0 Å². The number of aliphatic hydroxyl groups excluding tert-OH is 1. The Labute approximate surface area is 293 Å². The zero-order valence-electron chi connectivity index (χ0n) is 28.1. The van der Waals surface area contributed by atoms with E-state index in [1.807, 2.05) is 48.5 Å². The second kappa shape index (κ2) is 16.5. The minimum atomic E-state index is -0.482. The van der Waals surface area contributed by atoms with Gasteiger partial charge in [-0.25, -0.2) is 14.4 Å². The van der Waals surface area contributed by atoms with E-state index in [-0.39, 0.29) is 13.2 Å². The minimum Gasteiger partial charge on any atom is -0.497 e. The first-order chi connectivity index (χ1) is 24.7. The monoisotopic (exact) mass is 680 g/mol. The first-order valence-electron chi connectivity index (χ1n) is 15.5. The quantitative estimate of drug-likeness (QED) is 0.0880. The summed E-state index contributed by atoms with van der Waals surface area (Å²) in [5.74, 6) is 11.9. The smallest absolute Gasteiger partial charge is 0.344 e. The van der Waals surface area contributed by atoms with Crippen LogP contribution in [-0.2, 0) is 9.53 Å². The largest absolute Gasteiger partial charge is 0.497 e. The van der Waals surface area contributed by atoms with Gasteiger partial charge in [-0.2, -0.15) is 0 Å². The number of aliphatic hydroxyl groups is 1. The maximum absolute atomic E-state index is 12.4. The van der Waals surface area contributed by atoms with Gasteiger partial charge in [0.15, 0.2) is 6.61 Å². The fourth-order valence-electron chi connectivity index (χ4n) is 4.83. The van der Waals surface area contributed by atoms with E-state index < -0.39 is 17.2 Å². The fourth-order valence-corrected chi connectivity index (χ4v) is 4.83. The van der Waals surface area contributed by atoms with Gasteiger partial charge in [-0.15, -0.1) is 0 Å². The SMILES string of the molecule is C=C(C)C(=O)OCC#Cc1ccc2cc(-c3ccc(OC)cc3)c(=O)oc2c1.COc1ccc(-c2cc3ccc(C#CCO)cc3oc2=O)cc1. The molecule has 254 valence electrons. The van der Waals surface area contributed by atoms with Crippen molar-refractivity contribution in [3.8, 4) is 57.4 Å². The molecule has 0 aliphatic heterocycles. The van der Waals surface area contributed by atoms with Crippen LogP contribution in [0.4, 0.5) is 0 Å². The normalized spacial score (nSPS) is 10.1. The lowest BCUT2D eigenvalue weighted by molar-refractivity contribution is -0.137. The number of carbonyl (C=O) groups excluding carboxylic acids is 1. The Balaban J connectivity index is 0.000000201.